The standard InChI is InChI=1S/C18H21N5O2/c1-11-10-25-6-5-23(11)12-7-15(21-16(19)8-12)14-9-17(24-2)22-18-13(14)3-4-20-18/h3-4,7-9,11H,5-6,10H2,1-2H3,(H2,19,21)(H,20,22). The summed E-state index contributed by atoms with van der Waals surface area (Å²) in [5.41, 5.74) is 9.68. The molecule has 4 heterocycles. The highest BCUT2D eigenvalue weighted by atomic mass is 16.5. The van der Waals surface area contributed by atoms with Gasteiger partial charge in [0.25, 0.3) is 0 Å². The monoisotopic (exact) mass is 339 g/mol. The van der Waals surface area contributed by atoms with Crippen LogP contribution in [0.15, 0.2) is 30.5 Å². The van der Waals surface area contributed by atoms with Crippen LogP contribution in [0.5, 0.6) is 5.88 Å². The van der Waals surface area contributed by atoms with Gasteiger partial charge in [-0.1, -0.05) is 0 Å². The third-order valence-electron chi connectivity index (χ3n) is 4.52. The molecule has 3 aromatic rings. The maximum absolute atomic E-state index is 6.12. The average molecular weight is 339 g/mol. The number of anilines is 2. The van der Waals surface area contributed by atoms with Crippen LogP contribution < -0.4 is 15.4 Å². The number of pyridine rings is 2. The molecule has 1 unspecified atom stereocenters. The zero-order chi connectivity index (χ0) is 17.4. The number of aromatic amines is 1. The molecule has 0 aromatic carbocycles. The number of rotatable bonds is 3. The van der Waals surface area contributed by atoms with Gasteiger partial charge >= 0.3 is 0 Å². The predicted octanol–water partition coefficient (Wildman–Crippen LogP) is 2.44. The van der Waals surface area contributed by atoms with Crippen molar-refractivity contribution in [1.29, 1.82) is 0 Å². The molecule has 25 heavy (non-hydrogen) atoms. The molecular weight excluding hydrogens is 318 g/mol. The highest BCUT2D eigenvalue weighted by molar-refractivity contribution is 5.93. The maximum atomic E-state index is 6.12. The van der Waals surface area contributed by atoms with Crippen LogP contribution in [0.1, 0.15) is 6.92 Å². The number of morpholine rings is 1. The first-order valence-electron chi connectivity index (χ1n) is 8.30. The number of hydrogen-bond acceptors (Lipinski definition) is 6. The number of nitrogens with two attached hydrogens (primary N) is 1. The molecule has 3 N–H and O–H groups in total. The van der Waals surface area contributed by atoms with Crippen molar-refractivity contribution >= 4 is 22.5 Å². The van der Waals surface area contributed by atoms with Gasteiger partial charge in [0.1, 0.15) is 11.5 Å². The minimum Gasteiger partial charge on any atom is -0.481 e. The Hall–Kier alpha value is -2.80. The van der Waals surface area contributed by atoms with Gasteiger partial charge in [0.05, 0.1) is 26.0 Å². The number of nitrogens with one attached hydrogen (secondary N) is 1. The Morgan fingerprint density at radius 3 is 3.00 bits per heavy atom. The summed E-state index contributed by atoms with van der Waals surface area (Å²) in [4.78, 5) is 14.4. The maximum Gasteiger partial charge on any atom is 0.215 e. The van der Waals surface area contributed by atoms with Crippen LogP contribution in [0.4, 0.5) is 11.5 Å². The van der Waals surface area contributed by atoms with E-state index in [0.717, 1.165) is 34.5 Å². The summed E-state index contributed by atoms with van der Waals surface area (Å²) in [5, 5.41) is 0.986. The molecule has 0 saturated carbocycles. The minimum atomic E-state index is 0.294. The Morgan fingerprint density at radius 2 is 2.20 bits per heavy atom. The molecule has 0 aliphatic carbocycles. The Bertz CT molecular complexity index is 908. The Labute approximate surface area is 145 Å². The summed E-state index contributed by atoms with van der Waals surface area (Å²) in [6.45, 7) is 4.41. The van der Waals surface area contributed by atoms with Crippen LogP contribution in [-0.2, 0) is 4.74 Å². The second-order valence-electron chi connectivity index (χ2n) is 6.20. The fourth-order valence-corrected chi connectivity index (χ4v) is 3.28. The van der Waals surface area contributed by atoms with Crippen molar-refractivity contribution < 1.29 is 9.47 Å². The van der Waals surface area contributed by atoms with Gasteiger partial charge in [0.15, 0.2) is 0 Å². The number of nitrogens with zero attached hydrogens (tertiary/aromatic N) is 3. The molecule has 0 bridgehead atoms. The first kappa shape index (κ1) is 15.7. The number of nitrogen functional groups attached to an aromatic ring is 1. The zero-order valence-corrected chi connectivity index (χ0v) is 14.3. The van der Waals surface area contributed by atoms with E-state index in [1.54, 1.807) is 7.11 Å². The van der Waals surface area contributed by atoms with E-state index in [1.807, 2.05) is 24.4 Å². The summed E-state index contributed by atoms with van der Waals surface area (Å²) in [5.74, 6) is 1.03. The highest BCUT2D eigenvalue weighted by Crippen LogP contribution is 2.33. The molecule has 1 fully saturated rings. The van der Waals surface area contributed by atoms with Gasteiger partial charge in [0.2, 0.25) is 5.88 Å². The molecule has 0 radical (unpaired) electrons. The second kappa shape index (κ2) is 6.25. The van der Waals surface area contributed by atoms with Crippen LogP contribution in [0, 0.1) is 0 Å². The summed E-state index contributed by atoms with van der Waals surface area (Å²) in [7, 11) is 1.61. The van der Waals surface area contributed by atoms with Crippen molar-refractivity contribution in [3.05, 3.63) is 30.5 Å². The second-order valence-corrected chi connectivity index (χ2v) is 6.20. The van der Waals surface area contributed by atoms with E-state index in [0.29, 0.717) is 31.0 Å². The van der Waals surface area contributed by atoms with Crippen molar-refractivity contribution in [2.45, 2.75) is 13.0 Å². The summed E-state index contributed by atoms with van der Waals surface area (Å²) in [6.07, 6.45) is 1.86. The van der Waals surface area contributed by atoms with E-state index in [2.05, 4.69) is 32.8 Å². The molecule has 1 saturated heterocycles. The lowest BCUT2D eigenvalue weighted by molar-refractivity contribution is 0.0989. The van der Waals surface area contributed by atoms with Crippen molar-refractivity contribution in [2.24, 2.45) is 0 Å². The predicted molar refractivity (Wildman–Crippen MR) is 97.9 cm³/mol. The van der Waals surface area contributed by atoms with Crippen molar-refractivity contribution in [2.75, 3.05) is 37.5 Å². The molecule has 130 valence electrons. The number of ether oxygens (including phenoxy) is 2. The Morgan fingerprint density at radius 1 is 1.32 bits per heavy atom. The topological polar surface area (TPSA) is 89.3 Å². The van der Waals surface area contributed by atoms with E-state index in [-0.39, 0.29) is 0 Å². The van der Waals surface area contributed by atoms with Crippen molar-refractivity contribution in [1.82, 2.24) is 15.0 Å². The molecule has 3 aromatic heterocycles. The smallest absolute Gasteiger partial charge is 0.215 e. The molecular formula is C18H21N5O2. The van der Waals surface area contributed by atoms with Crippen LogP contribution in [0.2, 0.25) is 0 Å². The largest absolute Gasteiger partial charge is 0.481 e. The van der Waals surface area contributed by atoms with Crippen molar-refractivity contribution in [3.63, 3.8) is 0 Å². The normalized spacial score (nSPS) is 17.8. The number of aromatic nitrogens is 3. The van der Waals surface area contributed by atoms with Gasteiger partial charge in [-0.15, -0.1) is 0 Å². The zero-order valence-electron chi connectivity index (χ0n) is 14.3. The first-order chi connectivity index (χ1) is 12.2. The molecule has 0 spiro atoms. The quantitative estimate of drug-likeness (QED) is 0.762. The van der Waals surface area contributed by atoms with Gasteiger partial charge in [-0.05, 0) is 19.1 Å². The third kappa shape index (κ3) is 2.87. The van der Waals surface area contributed by atoms with E-state index in [9.17, 15) is 0 Å². The minimum absolute atomic E-state index is 0.294. The summed E-state index contributed by atoms with van der Waals surface area (Å²) in [6, 6.07) is 8.16. The lowest BCUT2D eigenvalue weighted by atomic mass is 10.1. The molecule has 0 amide bonds. The van der Waals surface area contributed by atoms with Crippen molar-refractivity contribution in [3.8, 4) is 17.1 Å². The van der Waals surface area contributed by atoms with Crippen LogP contribution >= 0.6 is 0 Å². The number of H-pyrrole nitrogens is 1. The van der Waals surface area contributed by atoms with Gasteiger partial charge in [-0.2, -0.15) is 4.98 Å². The average Bonchev–Trinajstić information content (AvgIpc) is 3.09. The number of fused-ring (bicyclic) bond motifs is 1. The summed E-state index contributed by atoms with van der Waals surface area (Å²) >= 11 is 0. The van der Waals surface area contributed by atoms with E-state index in [4.69, 9.17) is 15.2 Å². The Kier molecular flexibility index (Phi) is 3.93. The first-order valence-corrected chi connectivity index (χ1v) is 8.30. The summed E-state index contributed by atoms with van der Waals surface area (Å²) < 4.78 is 10.9. The van der Waals surface area contributed by atoms with Crippen LogP contribution in [0.3, 0.4) is 0 Å². The van der Waals surface area contributed by atoms with Gasteiger partial charge in [0, 0.05) is 47.6 Å². The van der Waals surface area contributed by atoms with Gasteiger partial charge in [-0.25, -0.2) is 4.98 Å². The lowest BCUT2D eigenvalue weighted by Crippen LogP contribution is -2.43. The fourth-order valence-electron chi connectivity index (χ4n) is 3.28. The van der Waals surface area contributed by atoms with Gasteiger partial charge < -0.3 is 25.1 Å². The van der Waals surface area contributed by atoms with Crippen LogP contribution in [0.25, 0.3) is 22.3 Å². The van der Waals surface area contributed by atoms with E-state index >= 15 is 0 Å². The molecule has 1 aliphatic heterocycles. The van der Waals surface area contributed by atoms with E-state index in [1.165, 1.54) is 0 Å². The fraction of sp³-hybridized carbons (Fsp3) is 0.333. The molecule has 7 nitrogen and oxygen atoms in total. The highest BCUT2D eigenvalue weighted by Gasteiger charge is 2.21. The molecule has 4 rings (SSSR count). The SMILES string of the molecule is COc1cc(-c2cc(N3CCOCC3C)cc(N)n2)c2cc[nH]c2n1. The third-order valence-corrected chi connectivity index (χ3v) is 4.52. The van der Waals surface area contributed by atoms with E-state index < -0.39 is 0 Å². The molecule has 1 aliphatic rings. The molecule has 1 atom stereocenters. The van der Waals surface area contributed by atoms with Gasteiger partial charge in [-0.3, -0.25) is 0 Å². The lowest BCUT2D eigenvalue weighted by Gasteiger charge is -2.35. The number of hydrogen-bond donors (Lipinski definition) is 2. The number of methoxy groups -OCH3 is 1. The molecule has 7 heteroatoms. The Balaban J connectivity index is 1.85. The van der Waals surface area contributed by atoms with Crippen LogP contribution in [-0.4, -0.2) is 47.9 Å².